The van der Waals surface area contributed by atoms with E-state index in [0.717, 1.165) is 17.6 Å². The molecule has 3 nitrogen and oxygen atoms in total. The molecule has 2 heterocycles. The molecule has 102 valence electrons. The molecule has 0 atom stereocenters. The molecule has 0 N–H and O–H groups in total. The zero-order valence-corrected chi connectivity index (χ0v) is 12.5. The fraction of sp³-hybridized carbons (Fsp3) is 0.533. The molecular formula is C15H22BNO2. The summed E-state index contributed by atoms with van der Waals surface area (Å²) in [6.07, 6.45) is 4.55. The minimum absolute atomic E-state index is 0.333. The Labute approximate surface area is 116 Å². The third-order valence-electron chi connectivity index (χ3n) is 4.20. The van der Waals surface area contributed by atoms with Gasteiger partial charge in [0.1, 0.15) is 0 Å². The van der Waals surface area contributed by atoms with Crippen molar-refractivity contribution in [3.05, 3.63) is 36.0 Å². The number of pyridine rings is 1. The maximum Gasteiger partial charge on any atom is 0.514 e. The van der Waals surface area contributed by atoms with Crippen LogP contribution >= 0.6 is 0 Å². The van der Waals surface area contributed by atoms with E-state index in [2.05, 4.69) is 46.2 Å². The zero-order valence-electron chi connectivity index (χ0n) is 12.5. The van der Waals surface area contributed by atoms with Crippen molar-refractivity contribution in [2.45, 2.75) is 52.2 Å². The monoisotopic (exact) mass is 259 g/mol. The lowest BCUT2D eigenvalue weighted by Crippen LogP contribution is -2.41. The van der Waals surface area contributed by atoms with Crippen molar-refractivity contribution in [3.8, 4) is 0 Å². The summed E-state index contributed by atoms with van der Waals surface area (Å²) >= 11 is 0. The molecule has 0 spiro atoms. The molecule has 19 heavy (non-hydrogen) atoms. The van der Waals surface area contributed by atoms with Crippen LogP contribution in [-0.2, 0) is 15.7 Å². The summed E-state index contributed by atoms with van der Waals surface area (Å²) in [5, 5.41) is 0. The maximum absolute atomic E-state index is 6.05. The maximum atomic E-state index is 6.05. The van der Waals surface area contributed by atoms with E-state index >= 15 is 0 Å². The summed E-state index contributed by atoms with van der Waals surface area (Å²) in [5.41, 5.74) is 2.55. The van der Waals surface area contributed by atoms with E-state index in [1.54, 1.807) is 0 Å². The highest BCUT2D eigenvalue weighted by atomic mass is 16.7. The minimum atomic E-state index is -0.394. The van der Waals surface area contributed by atoms with E-state index in [-0.39, 0.29) is 11.2 Å². The second-order valence-electron chi connectivity index (χ2n) is 6.06. The van der Waals surface area contributed by atoms with Crippen molar-refractivity contribution in [1.82, 2.24) is 4.98 Å². The number of aromatic nitrogens is 1. The van der Waals surface area contributed by atoms with E-state index in [4.69, 9.17) is 9.31 Å². The second-order valence-corrected chi connectivity index (χ2v) is 6.06. The zero-order chi connectivity index (χ0) is 14.3. The van der Waals surface area contributed by atoms with Crippen LogP contribution in [0.25, 0.3) is 0 Å². The molecule has 0 bridgehead atoms. The van der Waals surface area contributed by atoms with Gasteiger partial charge in [-0.15, -0.1) is 6.58 Å². The van der Waals surface area contributed by atoms with Crippen molar-refractivity contribution in [2.75, 3.05) is 0 Å². The van der Waals surface area contributed by atoms with Crippen LogP contribution in [0.1, 0.15) is 38.8 Å². The predicted molar refractivity (Wildman–Crippen MR) is 78.6 cm³/mol. The topological polar surface area (TPSA) is 31.4 Å². The Morgan fingerprint density at radius 3 is 2.37 bits per heavy atom. The Morgan fingerprint density at radius 1 is 1.26 bits per heavy atom. The first-order chi connectivity index (χ1) is 8.78. The quantitative estimate of drug-likeness (QED) is 0.617. The summed E-state index contributed by atoms with van der Waals surface area (Å²) in [4.78, 5) is 4.45. The lowest BCUT2D eigenvalue weighted by atomic mass is 9.79. The van der Waals surface area contributed by atoms with Gasteiger partial charge in [-0.2, -0.15) is 0 Å². The predicted octanol–water partition coefficient (Wildman–Crippen LogP) is 2.42. The average molecular weight is 259 g/mol. The first kappa shape index (κ1) is 14.3. The lowest BCUT2D eigenvalue weighted by Gasteiger charge is -2.32. The summed E-state index contributed by atoms with van der Waals surface area (Å²) < 4.78 is 12.1. The van der Waals surface area contributed by atoms with Crippen LogP contribution in [0.2, 0.25) is 0 Å². The Hall–Kier alpha value is -1.13. The van der Waals surface area contributed by atoms with E-state index in [9.17, 15) is 0 Å². The molecule has 0 radical (unpaired) electrons. The van der Waals surface area contributed by atoms with Gasteiger partial charge in [0.25, 0.3) is 0 Å². The highest BCUT2D eigenvalue weighted by Crippen LogP contribution is 2.36. The molecule has 1 aliphatic heterocycles. The van der Waals surface area contributed by atoms with Gasteiger partial charge in [0, 0.05) is 6.20 Å². The minimum Gasteiger partial charge on any atom is -0.398 e. The van der Waals surface area contributed by atoms with Crippen molar-refractivity contribution >= 4 is 12.7 Å². The van der Waals surface area contributed by atoms with Gasteiger partial charge in [0.15, 0.2) is 0 Å². The van der Waals surface area contributed by atoms with Crippen molar-refractivity contribution in [2.24, 2.45) is 0 Å². The number of hydrogen-bond donors (Lipinski definition) is 0. The van der Waals surface area contributed by atoms with Gasteiger partial charge in [-0.3, -0.25) is 4.98 Å². The summed E-state index contributed by atoms with van der Waals surface area (Å²) in [6, 6.07) is 2.02. The molecule has 1 aromatic rings. The standard InChI is InChI=1S/C15H22BNO2/c1-7-8-12-9-10-17-13(11(12)2)16-18-14(3,4)15(5,6)19-16/h7,9-10H,1,8H2,2-6H3. The number of nitrogens with zero attached hydrogens (tertiary/aromatic N) is 1. The van der Waals surface area contributed by atoms with Crippen LogP contribution in [0.15, 0.2) is 24.9 Å². The molecule has 1 aliphatic rings. The van der Waals surface area contributed by atoms with E-state index in [1.165, 1.54) is 5.56 Å². The summed E-state index contributed by atoms with van der Waals surface area (Å²) in [7, 11) is -0.394. The van der Waals surface area contributed by atoms with Crippen molar-refractivity contribution in [1.29, 1.82) is 0 Å². The second kappa shape index (κ2) is 4.76. The van der Waals surface area contributed by atoms with Gasteiger partial charge < -0.3 is 9.31 Å². The summed E-state index contributed by atoms with van der Waals surface area (Å²) in [5.74, 6) is 0. The Bertz CT molecular complexity index is 481. The molecule has 1 fully saturated rings. The first-order valence-corrected chi connectivity index (χ1v) is 6.69. The molecule has 4 heteroatoms. The third-order valence-corrected chi connectivity index (χ3v) is 4.20. The van der Waals surface area contributed by atoms with Crippen LogP contribution < -0.4 is 5.59 Å². The molecule has 0 saturated carbocycles. The molecule has 2 rings (SSSR count). The van der Waals surface area contributed by atoms with Crippen molar-refractivity contribution in [3.63, 3.8) is 0 Å². The largest absolute Gasteiger partial charge is 0.514 e. The fourth-order valence-corrected chi connectivity index (χ4v) is 2.16. The van der Waals surface area contributed by atoms with Gasteiger partial charge in [0.2, 0.25) is 0 Å². The number of allylic oxidation sites excluding steroid dienone is 1. The van der Waals surface area contributed by atoms with Crippen LogP contribution in [0.5, 0.6) is 0 Å². The van der Waals surface area contributed by atoms with E-state index < -0.39 is 7.12 Å². The van der Waals surface area contributed by atoms with E-state index in [0.29, 0.717) is 0 Å². The molecule has 1 saturated heterocycles. The Kier molecular flexibility index (Phi) is 3.58. The molecule has 0 amide bonds. The fourth-order valence-electron chi connectivity index (χ4n) is 2.16. The van der Waals surface area contributed by atoms with Gasteiger partial charge in [0.05, 0.1) is 16.8 Å². The average Bonchev–Trinajstić information content (AvgIpc) is 2.51. The van der Waals surface area contributed by atoms with Crippen LogP contribution in [0.4, 0.5) is 0 Å². The Morgan fingerprint density at radius 2 is 1.84 bits per heavy atom. The van der Waals surface area contributed by atoms with Crippen LogP contribution in [0, 0.1) is 6.92 Å². The molecule has 0 aliphatic carbocycles. The van der Waals surface area contributed by atoms with Gasteiger partial charge in [-0.25, -0.2) is 0 Å². The highest BCUT2D eigenvalue weighted by Gasteiger charge is 2.52. The van der Waals surface area contributed by atoms with Gasteiger partial charge in [-0.1, -0.05) is 6.08 Å². The smallest absolute Gasteiger partial charge is 0.398 e. The van der Waals surface area contributed by atoms with Crippen molar-refractivity contribution < 1.29 is 9.31 Å². The number of rotatable bonds is 3. The normalized spacial score (nSPS) is 20.6. The lowest BCUT2D eigenvalue weighted by molar-refractivity contribution is 0.00578. The van der Waals surface area contributed by atoms with Crippen LogP contribution in [0.3, 0.4) is 0 Å². The number of hydrogen-bond acceptors (Lipinski definition) is 3. The van der Waals surface area contributed by atoms with Gasteiger partial charge in [-0.05, 0) is 58.2 Å². The SMILES string of the molecule is C=CCc1ccnc(B2OC(C)(C)C(C)(C)O2)c1C. The first-order valence-electron chi connectivity index (χ1n) is 6.69. The Balaban J connectivity index is 2.34. The van der Waals surface area contributed by atoms with Gasteiger partial charge >= 0.3 is 7.12 Å². The molecule has 0 aromatic carbocycles. The molecule has 1 aromatic heterocycles. The van der Waals surface area contributed by atoms with E-state index in [1.807, 2.05) is 18.3 Å². The highest BCUT2D eigenvalue weighted by molar-refractivity contribution is 6.61. The third kappa shape index (κ3) is 2.47. The molecular weight excluding hydrogens is 237 g/mol. The summed E-state index contributed by atoms with van der Waals surface area (Å²) in [6.45, 7) is 14.1. The van der Waals surface area contributed by atoms with Crippen LogP contribution in [-0.4, -0.2) is 23.3 Å². The molecule has 0 unspecified atom stereocenters.